The van der Waals surface area contributed by atoms with E-state index >= 15 is 0 Å². The van der Waals surface area contributed by atoms with Crippen LogP contribution in [0.1, 0.15) is 11.6 Å². The molecule has 5 heteroatoms. The van der Waals surface area contributed by atoms with Gasteiger partial charge in [-0.1, -0.05) is 23.7 Å². The summed E-state index contributed by atoms with van der Waals surface area (Å²) in [6.45, 7) is 1.39. The van der Waals surface area contributed by atoms with Crippen molar-refractivity contribution in [2.24, 2.45) is 0 Å². The standard InChI is InChI=1S/C12H17ClN2O2/c1-15(2)7-6-14-11(12(16)17)9-4-3-5-10(13)8-9/h3-5,8,11,14H,6-7H2,1-2H3,(H,16,17). The fourth-order valence-corrected chi connectivity index (χ4v) is 1.67. The van der Waals surface area contributed by atoms with Gasteiger partial charge in [0.05, 0.1) is 0 Å². The van der Waals surface area contributed by atoms with E-state index in [9.17, 15) is 4.79 Å². The number of carboxylic acids is 1. The van der Waals surface area contributed by atoms with Crippen LogP contribution in [-0.4, -0.2) is 43.2 Å². The van der Waals surface area contributed by atoms with Gasteiger partial charge in [0.15, 0.2) is 0 Å². The van der Waals surface area contributed by atoms with Crippen molar-refractivity contribution < 1.29 is 9.90 Å². The van der Waals surface area contributed by atoms with Crippen LogP contribution in [0.3, 0.4) is 0 Å². The van der Waals surface area contributed by atoms with Crippen LogP contribution in [0, 0.1) is 0 Å². The van der Waals surface area contributed by atoms with Crippen LogP contribution in [-0.2, 0) is 4.79 Å². The van der Waals surface area contributed by atoms with E-state index in [0.717, 1.165) is 6.54 Å². The van der Waals surface area contributed by atoms with Crippen molar-refractivity contribution in [2.45, 2.75) is 6.04 Å². The van der Waals surface area contributed by atoms with Gasteiger partial charge in [0.2, 0.25) is 0 Å². The number of benzene rings is 1. The number of hydrogen-bond acceptors (Lipinski definition) is 3. The Bertz CT molecular complexity index is 383. The minimum absolute atomic E-state index is 0.545. The molecule has 0 spiro atoms. The largest absolute Gasteiger partial charge is 0.480 e. The third-order valence-electron chi connectivity index (χ3n) is 2.34. The van der Waals surface area contributed by atoms with Gasteiger partial charge < -0.3 is 10.0 Å². The van der Waals surface area contributed by atoms with Crippen LogP contribution in [0.5, 0.6) is 0 Å². The molecule has 1 rings (SSSR count). The monoisotopic (exact) mass is 256 g/mol. The first-order valence-corrected chi connectivity index (χ1v) is 5.75. The number of hydrogen-bond donors (Lipinski definition) is 2. The Labute approximate surface area is 106 Å². The summed E-state index contributed by atoms with van der Waals surface area (Å²) in [6.07, 6.45) is 0. The van der Waals surface area contributed by atoms with Crippen LogP contribution < -0.4 is 5.32 Å². The van der Waals surface area contributed by atoms with Gasteiger partial charge in [-0.15, -0.1) is 0 Å². The number of carboxylic acid groups (broad SMARTS) is 1. The summed E-state index contributed by atoms with van der Waals surface area (Å²) < 4.78 is 0. The molecule has 1 aromatic carbocycles. The highest BCUT2D eigenvalue weighted by Gasteiger charge is 2.18. The molecular formula is C12H17ClN2O2. The van der Waals surface area contributed by atoms with Gasteiger partial charge >= 0.3 is 5.97 Å². The fraction of sp³-hybridized carbons (Fsp3) is 0.417. The Morgan fingerprint density at radius 2 is 2.24 bits per heavy atom. The molecule has 0 aromatic heterocycles. The predicted molar refractivity (Wildman–Crippen MR) is 68.4 cm³/mol. The zero-order valence-corrected chi connectivity index (χ0v) is 10.7. The minimum Gasteiger partial charge on any atom is -0.480 e. The maximum absolute atomic E-state index is 11.2. The summed E-state index contributed by atoms with van der Waals surface area (Å²) >= 11 is 5.85. The molecular weight excluding hydrogens is 240 g/mol. The maximum atomic E-state index is 11.2. The van der Waals surface area contributed by atoms with E-state index in [1.165, 1.54) is 0 Å². The zero-order chi connectivity index (χ0) is 12.8. The predicted octanol–water partition coefficient (Wildman–Crippen LogP) is 1.62. The van der Waals surface area contributed by atoms with E-state index in [1.54, 1.807) is 24.3 Å². The van der Waals surface area contributed by atoms with Crippen LogP contribution >= 0.6 is 11.6 Å². The van der Waals surface area contributed by atoms with Gasteiger partial charge in [-0.25, -0.2) is 0 Å². The van der Waals surface area contributed by atoms with E-state index in [0.29, 0.717) is 17.1 Å². The Hall–Kier alpha value is -1.10. The lowest BCUT2D eigenvalue weighted by Gasteiger charge is -2.17. The first kappa shape index (κ1) is 14.0. The van der Waals surface area contributed by atoms with E-state index < -0.39 is 12.0 Å². The van der Waals surface area contributed by atoms with Crippen LogP contribution in [0.2, 0.25) is 5.02 Å². The molecule has 94 valence electrons. The van der Waals surface area contributed by atoms with Gasteiger partial charge in [0.1, 0.15) is 6.04 Å². The Balaban J connectivity index is 2.69. The van der Waals surface area contributed by atoms with Crippen molar-refractivity contribution in [3.05, 3.63) is 34.9 Å². The molecule has 1 unspecified atom stereocenters. The normalized spacial score (nSPS) is 12.7. The van der Waals surface area contributed by atoms with E-state index in [2.05, 4.69) is 5.32 Å². The Kier molecular flexibility index (Phi) is 5.41. The smallest absolute Gasteiger partial charge is 0.325 e. The molecule has 0 aliphatic rings. The molecule has 0 radical (unpaired) electrons. The van der Waals surface area contributed by atoms with Crippen molar-refractivity contribution in [2.75, 3.05) is 27.2 Å². The summed E-state index contributed by atoms with van der Waals surface area (Å²) in [6, 6.07) is 6.19. The zero-order valence-electron chi connectivity index (χ0n) is 9.98. The molecule has 2 N–H and O–H groups in total. The van der Waals surface area contributed by atoms with Crippen LogP contribution in [0.15, 0.2) is 24.3 Å². The lowest BCUT2D eigenvalue weighted by Crippen LogP contribution is -2.33. The molecule has 0 heterocycles. The molecule has 0 aliphatic carbocycles. The van der Waals surface area contributed by atoms with Crippen molar-refractivity contribution in [3.63, 3.8) is 0 Å². The molecule has 0 bridgehead atoms. The highest BCUT2D eigenvalue weighted by Crippen LogP contribution is 2.17. The average molecular weight is 257 g/mol. The summed E-state index contributed by atoms with van der Waals surface area (Å²) in [5.74, 6) is -0.897. The summed E-state index contributed by atoms with van der Waals surface area (Å²) in [5.41, 5.74) is 0.670. The topological polar surface area (TPSA) is 52.6 Å². The van der Waals surface area contributed by atoms with Crippen molar-refractivity contribution in [3.8, 4) is 0 Å². The van der Waals surface area contributed by atoms with Crippen molar-refractivity contribution in [1.29, 1.82) is 0 Å². The maximum Gasteiger partial charge on any atom is 0.325 e. The molecule has 0 saturated carbocycles. The third-order valence-corrected chi connectivity index (χ3v) is 2.57. The highest BCUT2D eigenvalue weighted by atomic mass is 35.5. The second-order valence-corrected chi connectivity index (χ2v) is 4.52. The van der Waals surface area contributed by atoms with Crippen molar-refractivity contribution >= 4 is 17.6 Å². The number of likely N-dealkylation sites (N-methyl/N-ethyl adjacent to an activating group) is 1. The Morgan fingerprint density at radius 3 is 2.76 bits per heavy atom. The molecule has 0 fully saturated rings. The Morgan fingerprint density at radius 1 is 1.53 bits per heavy atom. The summed E-state index contributed by atoms with van der Waals surface area (Å²) in [5, 5.41) is 12.7. The van der Waals surface area contributed by atoms with E-state index in [1.807, 2.05) is 19.0 Å². The minimum atomic E-state index is -0.897. The summed E-state index contributed by atoms with van der Waals surface area (Å²) in [4.78, 5) is 13.2. The lowest BCUT2D eigenvalue weighted by atomic mass is 10.1. The van der Waals surface area contributed by atoms with Crippen LogP contribution in [0.25, 0.3) is 0 Å². The second-order valence-electron chi connectivity index (χ2n) is 4.08. The van der Waals surface area contributed by atoms with Gasteiger partial charge in [-0.2, -0.15) is 0 Å². The van der Waals surface area contributed by atoms with Gasteiger partial charge in [0.25, 0.3) is 0 Å². The number of nitrogens with one attached hydrogen (secondary N) is 1. The number of halogens is 1. The SMILES string of the molecule is CN(C)CCNC(C(=O)O)c1cccc(Cl)c1. The first-order valence-electron chi connectivity index (χ1n) is 5.37. The van der Waals surface area contributed by atoms with Crippen LogP contribution in [0.4, 0.5) is 0 Å². The quantitative estimate of drug-likeness (QED) is 0.812. The first-order chi connectivity index (χ1) is 8.00. The number of rotatable bonds is 6. The fourth-order valence-electron chi connectivity index (χ4n) is 1.47. The van der Waals surface area contributed by atoms with E-state index in [-0.39, 0.29) is 0 Å². The van der Waals surface area contributed by atoms with Gasteiger partial charge in [-0.05, 0) is 31.8 Å². The number of aliphatic carboxylic acids is 1. The third kappa shape index (κ3) is 4.73. The molecule has 1 atom stereocenters. The molecule has 0 aliphatic heterocycles. The number of nitrogens with zero attached hydrogens (tertiary/aromatic N) is 1. The van der Waals surface area contributed by atoms with Crippen molar-refractivity contribution in [1.82, 2.24) is 10.2 Å². The highest BCUT2D eigenvalue weighted by molar-refractivity contribution is 6.30. The average Bonchev–Trinajstić information content (AvgIpc) is 2.23. The molecule has 17 heavy (non-hydrogen) atoms. The lowest BCUT2D eigenvalue weighted by molar-refractivity contribution is -0.139. The molecule has 1 aromatic rings. The number of carbonyl (C=O) groups is 1. The second kappa shape index (κ2) is 6.59. The molecule has 0 saturated heterocycles. The molecule has 0 amide bonds. The summed E-state index contributed by atoms with van der Waals surface area (Å²) in [7, 11) is 3.88. The molecule has 4 nitrogen and oxygen atoms in total. The van der Waals surface area contributed by atoms with Gasteiger partial charge in [0, 0.05) is 18.1 Å². The van der Waals surface area contributed by atoms with E-state index in [4.69, 9.17) is 16.7 Å². The van der Waals surface area contributed by atoms with Gasteiger partial charge in [-0.3, -0.25) is 10.1 Å².